The molecule has 1 saturated heterocycles. The first kappa shape index (κ1) is 18.3. The third-order valence-electron chi connectivity index (χ3n) is 4.47. The lowest BCUT2D eigenvalue weighted by atomic mass is 10.0. The van der Waals surface area contributed by atoms with Crippen LogP contribution in [0.3, 0.4) is 0 Å². The van der Waals surface area contributed by atoms with E-state index in [-0.39, 0.29) is 25.0 Å². The summed E-state index contributed by atoms with van der Waals surface area (Å²) in [6.07, 6.45) is 1.80. The molecule has 1 aliphatic heterocycles. The Morgan fingerprint density at radius 2 is 2.15 bits per heavy atom. The van der Waals surface area contributed by atoms with E-state index in [1.54, 1.807) is 6.07 Å². The zero-order valence-corrected chi connectivity index (χ0v) is 14.8. The average Bonchev–Trinajstić information content (AvgIpc) is 3.15. The highest BCUT2D eigenvalue weighted by molar-refractivity contribution is 5.97. The van der Waals surface area contributed by atoms with Gasteiger partial charge in [-0.2, -0.15) is 4.98 Å². The number of nitrogens with one attached hydrogen (secondary N) is 2. The molecule has 0 saturated carbocycles. The summed E-state index contributed by atoms with van der Waals surface area (Å²) in [6.45, 7) is 3.88. The number of hydrogen-bond donors (Lipinski definition) is 3. The van der Waals surface area contributed by atoms with Crippen molar-refractivity contribution < 1.29 is 19.2 Å². The van der Waals surface area contributed by atoms with Crippen LogP contribution in [0, 0.1) is 6.92 Å². The van der Waals surface area contributed by atoms with Crippen molar-refractivity contribution in [3.05, 3.63) is 41.0 Å². The Morgan fingerprint density at radius 3 is 2.92 bits per heavy atom. The number of aliphatic hydroxyl groups is 1. The summed E-state index contributed by atoms with van der Waals surface area (Å²) in [4.78, 5) is 16.6. The van der Waals surface area contributed by atoms with Gasteiger partial charge in [0.1, 0.15) is 0 Å². The van der Waals surface area contributed by atoms with E-state index >= 15 is 0 Å². The van der Waals surface area contributed by atoms with Gasteiger partial charge in [-0.05, 0) is 37.5 Å². The number of hydrogen-bond acceptors (Lipinski definition) is 7. The normalized spacial score (nSPS) is 15.0. The molecule has 3 rings (SSSR count). The standard InChI is InChI=1S/C18H24N4O4/c1-12-14(17(24)19-7-8-23)3-2-4-15(12)20-11-16-21-18(26-22-16)13-5-9-25-10-6-13/h2-4,13,20,23H,5-11H2,1H3,(H,19,24). The van der Waals surface area contributed by atoms with Crippen LogP contribution in [0.2, 0.25) is 0 Å². The molecule has 1 amide bonds. The van der Waals surface area contributed by atoms with Crippen LogP contribution in [0.1, 0.15) is 46.4 Å². The molecule has 0 spiro atoms. The van der Waals surface area contributed by atoms with E-state index in [9.17, 15) is 4.79 Å². The minimum atomic E-state index is -0.207. The van der Waals surface area contributed by atoms with Crippen molar-refractivity contribution in [1.82, 2.24) is 15.5 Å². The maximum Gasteiger partial charge on any atom is 0.251 e. The molecule has 0 bridgehead atoms. The third-order valence-corrected chi connectivity index (χ3v) is 4.47. The summed E-state index contributed by atoms with van der Waals surface area (Å²) in [5, 5.41) is 18.8. The highest BCUT2D eigenvalue weighted by atomic mass is 16.5. The molecule has 0 atom stereocenters. The van der Waals surface area contributed by atoms with Gasteiger partial charge in [0.05, 0.1) is 13.2 Å². The minimum Gasteiger partial charge on any atom is -0.395 e. The topological polar surface area (TPSA) is 110 Å². The van der Waals surface area contributed by atoms with E-state index in [1.165, 1.54) is 0 Å². The first-order valence-corrected chi connectivity index (χ1v) is 8.82. The second-order valence-corrected chi connectivity index (χ2v) is 6.25. The Hall–Kier alpha value is -2.45. The molecule has 26 heavy (non-hydrogen) atoms. The van der Waals surface area contributed by atoms with Gasteiger partial charge in [0.15, 0.2) is 5.82 Å². The van der Waals surface area contributed by atoms with Crippen molar-refractivity contribution >= 4 is 11.6 Å². The number of benzene rings is 1. The number of amides is 1. The molecule has 8 nitrogen and oxygen atoms in total. The fourth-order valence-electron chi connectivity index (χ4n) is 2.96. The lowest BCUT2D eigenvalue weighted by molar-refractivity contribution is 0.0778. The molecule has 2 heterocycles. The number of nitrogens with zero attached hydrogens (tertiary/aromatic N) is 2. The fourth-order valence-corrected chi connectivity index (χ4v) is 2.96. The number of ether oxygens (including phenoxy) is 1. The predicted molar refractivity (Wildman–Crippen MR) is 95.0 cm³/mol. The monoisotopic (exact) mass is 360 g/mol. The van der Waals surface area contributed by atoms with Crippen LogP contribution in [0.5, 0.6) is 0 Å². The van der Waals surface area contributed by atoms with Crippen LogP contribution in [0.25, 0.3) is 0 Å². The lowest BCUT2D eigenvalue weighted by Gasteiger charge is -2.17. The van der Waals surface area contributed by atoms with E-state index in [0.29, 0.717) is 23.8 Å². The molecule has 140 valence electrons. The molecule has 2 aromatic rings. The molecule has 0 aliphatic carbocycles. The first-order chi connectivity index (χ1) is 12.7. The molecule has 1 aromatic carbocycles. The number of carbonyl (C=O) groups excluding carboxylic acids is 1. The summed E-state index contributed by atoms with van der Waals surface area (Å²) < 4.78 is 10.7. The van der Waals surface area contributed by atoms with Crippen molar-refractivity contribution in [3.8, 4) is 0 Å². The molecule has 0 unspecified atom stereocenters. The molecule has 3 N–H and O–H groups in total. The van der Waals surface area contributed by atoms with Gasteiger partial charge in [-0.15, -0.1) is 0 Å². The summed E-state index contributed by atoms with van der Waals surface area (Å²) in [5.74, 6) is 1.31. The summed E-state index contributed by atoms with van der Waals surface area (Å²) in [5.41, 5.74) is 2.23. The average molecular weight is 360 g/mol. The van der Waals surface area contributed by atoms with Crippen molar-refractivity contribution in [3.63, 3.8) is 0 Å². The summed E-state index contributed by atoms with van der Waals surface area (Å²) in [7, 11) is 0. The summed E-state index contributed by atoms with van der Waals surface area (Å²) >= 11 is 0. The van der Waals surface area contributed by atoms with E-state index in [2.05, 4.69) is 20.8 Å². The van der Waals surface area contributed by atoms with Crippen LogP contribution in [0.4, 0.5) is 5.69 Å². The maximum absolute atomic E-state index is 12.1. The Balaban J connectivity index is 1.63. The largest absolute Gasteiger partial charge is 0.395 e. The van der Waals surface area contributed by atoms with E-state index in [0.717, 1.165) is 37.3 Å². The molecule has 1 aromatic heterocycles. The van der Waals surface area contributed by atoms with Crippen molar-refractivity contribution in [2.24, 2.45) is 0 Å². The van der Waals surface area contributed by atoms with Crippen LogP contribution in [-0.2, 0) is 11.3 Å². The van der Waals surface area contributed by atoms with Gasteiger partial charge in [-0.1, -0.05) is 11.2 Å². The van der Waals surface area contributed by atoms with Gasteiger partial charge in [0.25, 0.3) is 5.91 Å². The number of aliphatic hydroxyl groups excluding tert-OH is 1. The second kappa shape index (κ2) is 8.77. The Kier molecular flexibility index (Phi) is 6.19. The van der Waals surface area contributed by atoms with E-state index in [1.807, 2.05) is 19.1 Å². The lowest BCUT2D eigenvalue weighted by Crippen LogP contribution is -2.27. The molecular formula is C18H24N4O4. The first-order valence-electron chi connectivity index (χ1n) is 8.82. The quantitative estimate of drug-likeness (QED) is 0.688. The van der Waals surface area contributed by atoms with E-state index in [4.69, 9.17) is 14.4 Å². The van der Waals surface area contributed by atoms with Crippen molar-refractivity contribution in [2.45, 2.75) is 32.2 Å². The Labute approximate surface area is 151 Å². The van der Waals surface area contributed by atoms with Crippen molar-refractivity contribution in [1.29, 1.82) is 0 Å². The summed E-state index contributed by atoms with van der Waals surface area (Å²) in [6, 6.07) is 5.47. The van der Waals surface area contributed by atoms with Crippen molar-refractivity contribution in [2.75, 3.05) is 31.7 Å². The molecule has 8 heteroatoms. The van der Waals surface area contributed by atoms with Crippen LogP contribution < -0.4 is 10.6 Å². The van der Waals surface area contributed by atoms with Gasteiger partial charge in [-0.25, -0.2) is 0 Å². The van der Waals surface area contributed by atoms with E-state index < -0.39 is 0 Å². The minimum absolute atomic E-state index is 0.0873. The van der Waals surface area contributed by atoms with Crippen LogP contribution in [-0.4, -0.2) is 47.5 Å². The maximum atomic E-state index is 12.1. The molecule has 1 fully saturated rings. The SMILES string of the molecule is Cc1c(NCc2noc(C3CCOCC3)n2)cccc1C(=O)NCCO. The van der Waals surface area contributed by atoms with Gasteiger partial charge in [-0.3, -0.25) is 4.79 Å². The number of carbonyl (C=O) groups is 1. The highest BCUT2D eigenvalue weighted by Gasteiger charge is 2.22. The smallest absolute Gasteiger partial charge is 0.251 e. The van der Waals surface area contributed by atoms with Gasteiger partial charge in [0.2, 0.25) is 5.89 Å². The zero-order chi connectivity index (χ0) is 18.4. The molecule has 1 aliphatic rings. The number of anilines is 1. The number of aromatic nitrogens is 2. The second-order valence-electron chi connectivity index (χ2n) is 6.25. The van der Waals surface area contributed by atoms with Gasteiger partial charge < -0.3 is 25.0 Å². The molecular weight excluding hydrogens is 336 g/mol. The fraction of sp³-hybridized carbons (Fsp3) is 0.500. The van der Waals surface area contributed by atoms with Gasteiger partial charge >= 0.3 is 0 Å². The highest BCUT2D eigenvalue weighted by Crippen LogP contribution is 2.25. The molecule has 0 radical (unpaired) electrons. The van der Waals surface area contributed by atoms with Gasteiger partial charge in [0, 0.05) is 36.9 Å². The predicted octanol–water partition coefficient (Wildman–Crippen LogP) is 1.61. The Morgan fingerprint density at radius 1 is 1.35 bits per heavy atom. The van der Waals surface area contributed by atoms with Crippen LogP contribution >= 0.6 is 0 Å². The third kappa shape index (κ3) is 4.39. The number of rotatable bonds is 7. The zero-order valence-electron chi connectivity index (χ0n) is 14.8. The Bertz CT molecular complexity index is 741. The van der Waals surface area contributed by atoms with Crippen LogP contribution in [0.15, 0.2) is 22.7 Å².